The van der Waals surface area contributed by atoms with E-state index >= 15 is 0 Å². The Balaban J connectivity index is 1.89. The van der Waals surface area contributed by atoms with E-state index in [4.69, 9.17) is 5.73 Å². The number of hydrogen-bond acceptors (Lipinski definition) is 1. The highest BCUT2D eigenvalue weighted by Gasteiger charge is 2.18. The minimum absolute atomic E-state index is 0.149. The number of rotatable bonds is 2. The van der Waals surface area contributed by atoms with Gasteiger partial charge in [0.1, 0.15) is 5.82 Å². The molecule has 1 aromatic carbocycles. The van der Waals surface area contributed by atoms with Crippen molar-refractivity contribution in [2.75, 3.05) is 0 Å². The molecule has 0 aliphatic heterocycles. The molecule has 0 aromatic heterocycles. The predicted octanol–water partition coefficient (Wildman–Crippen LogP) is 2.89. The highest BCUT2D eigenvalue weighted by molar-refractivity contribution is 5.16. The van der Waals surface area contributed by atoms with E-state index in [0.717, 1.165) is 25.2 Å². The molecule has 0 bridgehead atoms. The number of halogens is 1. The lowest BCUT2D eigenvalue weighted by molar-refractivity contribution is 0.325. The van der Waals surface area contributed by atoms with Crippen molar-refractivity contribution in [1.29, 1.82) is 0 Å². The van der Waals surface area contributed by atoms with Crippen LogP contribution < -0.4 is 5.73 Å². The van der Waals surface area contributed by atoms with Gasteiger partial charge in [-0.1, -0.05) is 12.1 Å². The van der Waals surface area contributed by atoms with Gasteiger partial charge in [-0.15, -0.1) is 0 Å². The summed E-state index contributed by atoms with van der Waals surface area (Å²) in [5, 5.41) is 0. The maximum atomic E-state index is 12.7. The Kier molecular flexibility index (Phi) is 3.37. The van der Waals surface area contributed by atoms with Gasteiger partial charge in [-0.2, -0.15) is 0 Å². The first-order chi connectivity index (χ1) is 7.24. The molecular weight excluding hydrogens is 189 g/mol. The summed E-state index contributed by atoms with van der Waals surface area (Å²) in [5.41, 5.74) is 7.11. The quantitative estimate of drug-likeness (QED) is 0.792. The molecule has 1 saturated carbocycles. The van der Waals surface area contributed by atoms with Crippen LogP contribution in [0.4, 0.5) is 4.39 Å². The highest BCUT2D eigenvalue weighted by Crippen LogP contribution is 2.26. The fourth-order valence-electron chi connectivity index (χ4n) is 2.35. The lowest BCUT2D eigenvalue weighted by Gasteiger charge is -2.26. The van der Waals surface area contributed by atoms with Gasteiger partial charge in [-0.05, 0) is 55.7 Å². The largest absolute Gasteiger partial charge is 0.328 e. The van der Waals surface area contributed by atoms with Gasteiger partial charge in [-0.3, -0.25) is 0 Å². The zero-order chi connectivity index (χ0) is 10.7. The molecule has 0 saturated heterocycles. The molecule has 2 rings (SSSR count). The van der Waals surface area contributed by atoms with Crippen molar-refractivity contribution in [2.45, 2.75) is 38.1 Å². The van der Waals surface area contributed by atoms with E-state index in [1.807, 2.05) is 12.1 Å². The van der Waals surface area contributed by atoms with Gasteiger partial charge in [-0.25, -0.2) is 4.39 Å². The minimum atomic E-state index is -0.149. The summed E-state index contributed by atoms with van der Waals surface area (Å²) in [6.45, 7) is 0. The summed E-state index contributed by atoms with van der Waals surface area (Å²) >= 11 is 0. The predicted molar refractivity (Wildman–Crippen MR) is 60.0 cm³/mol. The van der Waals surface area contributed by atoms with Gasteiger partial charge in [0, 0.05) is 6.04 Å². The standard InChI is InChI=1S/C13H18FN/c14-12-5-1-10(2-6-12)9-11-3-7-13(15)8-4-11/h1-2,5-6,11,13H,3-4,7-9,15H2. The average Bonchev–Trinajstić information content (AvgIpc) is 2.25. The van der Waals surface area contributed by atoms with Crippen molar-refractivity contribution < 1.29 is 4.39 Å². The smallest absolute Gasteiger partial charge is 0.123 e. The first kappa shape index (κ1) is 10.6. The summed E-state index contributed by atoms with van der Waals surface area (Å²) in [5.74, 6) is 0.597. The Hall–Kier alpha value is -0.890. The number of nitrogens with two attached hydrogens (primary N) is 1. The molecule has 0 spiro atoms. The Morgan fingerprint density at radius 1 is 1.07 bits per heavy atom. The van der Waals surface area contributed by atoms with Crippen LogP contribution in [0.25, 0.3) is 0 Å². The van der Waals surface area contributed by atoms with Crippen LogP contribution in [0.1, 0.15) is 31.2 Å². The van der Waals surface area contributed by atoms with E-state index in [-0.39, 0.29) is 5.82 Å². The Morgan fingerprint density at radius 3 is 2.27 bits per heavy atom. The molecular formula is C13H18FN. The lowest BCUT2D eigenvalue weighted by atomic mass is 9.83. The topological polar surface area (TPSA) is 26.0 Å². The van der Waals surface area contributed by atoms with Gasteiger partial charge < -0.3 is 5.73 Å². The van der Waals surface area contributed by atoms with Crippen LogP contribution >= 0.6 is 0 Å². The SMILES string of the molecule is NC1CCC(Cc2ccc(F)cc2)CC1. The number of benzene rings is 1. The van der Waals surface area contributed by atoms with Crippen molar-refractivity contribution in [2.24, 2.45) is 11.7 Å². The molecule has 0 radical (unpaired) electrons. The number of hydrogen-bond donors (Lipinski definition) is 1. The van der Waals surface area contributed by atoms with Crippen molar-refractivity contribution in [1.82, 2.24) is 0 Å². The van der Waals surface area contributed by atoms with Crippen LogP contribution in [0.2, 0.25) is 0 Å². The monoisotopic (exact) mass is 207 g/mol. The molecule has 1 nitrogen and oxygen atoms in total. The van der Waals surface area contributed by atoms with E-state index in [2.05, 4.69) is 0 Å². The Labute approximate surface area is 90.5 Å². The van der Waals surface area contributed by atoms with Crippen LogP contribution in [0.5, 0.6) is 0 Å². The van der Waals surface area contributed by atoms with Crippen molar-refractivity contribution >= 4 is 0 Å². The van der Waals surface area contributed by atoms with E-state index < -0.39 is 0 Å². The van der Waals surface area contributed by atoms with Crippen LogP contribution in [0.3, 0.4) is 0 Å². The maximum absolute atomic E-state index is 12.7. The summed E-state index contributed by atoms with van der Waals surface area (Å²) in [4.78, 5) is 0. The van der Waals surface area contributed by atoms with Crippen LogP contribution in [-0.2, 0) is 6.42 Å². The maximum Gasteiger partial charge on any atom is 0.123 e. The molecule has 0 amide bonds. The van der Waals surface area contributed by atoms with Gasteiger partial charge in [0.25, 0.3) is 0 Å². The van der Waals surface area contributed by atoms with Crippen molar-refractivity contribution in [3.8, 4) is 0 Å². The summed E-state index contributed by atoms with van der Waals surface area (Å²) < 4.78 is 12.7. The molecule has 2 N–H and O–H groups in total. The third-order valence-electron chi connectivity index (χ3n) is 3.33. The molecule has 2 heteroatoms. The van der Waals surface area contributed by atoms with Crippen LogP contribution in [0, 0.1) is 11.7 Å². The van der Waals surface area contributed by atoms with Gasteiger partial charge >= 0.3 is 0 Å². The van der Waals surface area contributed by atoms with E-state index in [0.29, 0.717) is 6.04 Å². The molecule has 1 aliphatic carbocycles. The molecule has 0 atom stereocenters. The second-order valence-electron chi connectivity index (χ2n) is 4.61. The zero-order valence-electron chi connectivity index (χ0n) is 8.95. The second kappa shape index (κ2) is 4.75. The minimum Gasteiger partial charge on any atom is -0.328 e. The fraction of sp³-hybridized carbons (Fsp3) is 0.538. The van der Waals surface area contributed by atoms with Gasteiger partial charge in [0.15, 0.2) is 0 Å². The molecule has 82 valence electrons. The van der Waals surface area contributed by atoms with E-state index in [1.54, 1.807) is 12.1 Å². The summed E-state index contributed by atoms with van der Waals surface area (Å²) in [6, 6.07) is 7.29. The van der Waals surface area contributed by atoms with E-state index in [1.165, 1.54) is 18.4 Å². The first-order valence-corrected chi connectivity index (χ1v) is 5.74. The van der Waals surface area contributed by atoms with Crippen LogP contribution in [0.15, 0.2) is 24.3 Å². The first-order valence-electron chi connectivity index (χ1n) is 5.74. The normalized spacial score (nSPS) is 26.5. The van der Waals surface area contributed by atoms with Gasteiger partial charge in [0.2, 0.25) is 0 Å². The third-order valence-corrected chi connectivity index (χ3v) is 3.33. The molecule has 1 aliphatic rings. The summed E-state index contributed by atoms with van der Waals surface area (Å²) in [7, 11) is 0. The summed E-state index contributed by atoms with van der Waals surface area (Å²) in [6.07, 6.45) is 5.81. The second-order valence-corrected chi connectivity index (χ2v) is 4.61. The fourth-order valence-corrected chi connectivity index (χ4v) is 2.35. The highest BCUT2D eigenvalue weighted by atomic mass is 19.1. The molecule has 0 unspecified atom stereocenters. The molecule has 15 heavy (non-hydrogen) atoms. The Morgan fingerprint density at radius 2 is 1.67 bits per heavy atom. The third kappa shape index (κ3) is 3.03. The van der Waals surface area contributed by atoms with Gasteiger partial charge in [0.05, 0.1) is 0 Å². The lowest BCUT2D eigenvalue weighted by Crippen LogP contribution is -2.27. The average molecular weight is 207 g/mol. The van der Waals surface area contributed by atoms with Crippen molar-refractivity contribution in [3.05, 3.63) is 35.6 Å². The van der Waals surface area contributed by atoms with E-state index in [9.17, 15) is 4.39 Å². The molecule has 0 heterocycles. The zero-order valence-corrected chi connectivity index (χ0v) is 8.95. The Bertz CT molecular complexity index is 299. The van der Waals surface area contributed by atoms with Crippen molar-refractivity contribution in [3.63, 3.8) is 0 Å². The molecule has 1 aromatic rings. The molecule has 1 fully saturated rings. The van der Waals surface area contributed by atoms with Crippen LogP contribution in [-0.4, -0.2) is 6.04 Å².